The van der Waals surface area contributed by atoms with Crippen LogP contribution < -0.4 is 9.80 Å². The summed E-state index contributed by atoms with van der Waals surface area (Å²) in [7, 11) is 0.352. The van der Waals surface area contributed by atoms with Crippen molar-refractivity contribution in [2.45, 2.75) is 18.7 Å². The fourth-order valence-electron chi connectivity index (χ4n) is 2.95. The van der Waals surface area contributed by atoms with E-state index >= 15 is 0 Å². The van der Waals surface area contributed by atoms with Gasteiger partial charge in [-0.05, 0) is 13.8 Å². The molecule has 3 rings (SSSR count). The van der Waals surface area contributed by atoms with Crippen molar-refractivity contribution < 1.29 is 8.42 Å². The lowest BCUT2D eigenvalue weighted by atomic mass is 10.3. The van der Waals surface area contributed by atoms with Crippen LogP contribution in [0.4, 0.5) is 11.5 Å². The molecule has 1 aliphatic rings. The standard InChI is InChI=1S/C15H23N7O2S/c1-11-15(12(2)18-17-11)25(23,24)22-7-5-21(6-8-22)14-9-13(20(3)4)10-16-19-14/h9-10H,5-8H2,1-4H3,(H,17,18). The average molecular weight is 365 g/mol. The molecular formula is C15H23N7O2S. The highest BCUT2D eigenvalue weighted by atomic mass is 32.2. The van der Waals surface area contributed by atoms with Crippen molar-refractivity contribution in [2.75, 3.05) is 50.1 Å². The second-order valence-electron chi connectivity index (χ2n) is 6.32. The van der Waals surface area contributed by atoms with E-state index in [1.807, 2.05) is 25.1 Å². The maximum absolute atomic E-state index is 12.9. The monoisotopic (exact) mass is 365 g/mol. The highest BCUT2D eigenvalue weighted by Gasteiger charge is 2.32. The van der Waals surface area contributed by atoms with Crippen LogP contribution in [0, 0.1) is 13.8 Å². The average Bonchev–Trinajstić information content (AvgIpc) is 2.94. The molecule has 0 aliphatic carbocycles. The topological polar surface area (TPSA) is 98.3 Å². The first-order valence-electron chi connectivity index (χ1n) is 8.07. The Hall–Kier alpha value is -2.20. The van der Waals surface area contributed by atoms with E-state index in [2.05, 4.69) is 25.3 Å². The summed E-state index contributed by atoms with van der Waals surface area (Å²) >= 11 is 0. The Labute approximate surface area is 147 Å². The quantitative estimate of drug-likeness (QED) is 0.837. The lowest BCUT2D eigenvalue weighted by Gasteiger charge is -2.34. The summed E-state index contributed by atoms with van der Waals surface area (Å²) in [5, 5.41) is 15.0. The summed E-state index contributed by atoms with van der Waals surface area (Å²) in [6.07, 6.45) is 1.70. The second-order valence-corrected chi connectivity index (χ2v) is 8.20. The Balaban J connectivity index is 1.75. The largest absolute Gasteiger partial charge is 0.376 e. The molecule has 1 saturated heterocycles. The lowest BCUT2D eigenvalue weighted by molar-refractivity contribution is 0.383. The zero-order valence-electron chi connectivity index (χ0n) is 14.9. The second kappa shape index (κ2) is 6.60. The van der Waals surface area contributed by atoms with Crippen LogP contribution in [0.5, 0.6) is 0 Å². The highest BCUT2D eigenvalue weighted by Crippen LogP contribution is 2.24. The number of aryl methyl sites for hydroxylation is 2. The van der Waals surface area contributed by atoms with Gasteiger partial charge in [-0.25, -0.2) is 8.42 Å². The first kappa shape index (κ1) is 17.6. The van der Waals surface area contributed by atoms with Crippen LogP contribution >= 0.6 is 0 Å². The van der Waals surface area contributed by atoms with Gasteiger partial charge in [-0.15, -0.1) is 5.10 Å². The summed E-state index contributed by atoms with van der Waals surface area (Å²) < 4.78 is 27.3. The Morgan fingerprint density at radius 2 is 1.84 bits per heavy atom. The number of aromatic amines is 1. The lowest BCUT2D eigenvalue weighted by Crippen LogP contribution is -2.49. The van der Waals surface area contributed by atoms with Gasteiger partial charge in [0.15, 0.2) is 5.82 Å². The molecule has 0 saturated carbocycles. The maximum Gasteiger partial charge on any atom is 0.246 e. The zero-order valence-corrected chi connectivity index (χ0v) is 15.7. The van der Waals surface area contributed by atoms with E-state index in [0.717, 1.165) is 11.5 Å². The molecule has 2 aromatic heterocycles. The molecule has 0 unspecified atom stereocenters. The molecule has 0 aromatic carbocycles. The third kappa shape index (κ3) is 3.31. The molecule has 3 heterocycles. The minimum Gasteiger partial charge on any atom is -0.376 e. The van der Waals surface area contributed by atoms with Gasteiger partial charge in [-0.3, -0.25) is 5.10 Å². The van der Waals surface area contributed by atoms with E-state index in [0.29, 0.717) is 37.6 Å². The molecule has 1 N–H and O–H groups in total. The summed E-state index contributed by atoms with van der Waals surface area (Å²) in [4.78, 5) is 4.31. The van der Waals surface area contributed by atoms with Crippen LogP contribution in [-0.4, -0.2) is 73.4 Å². The summed E-state index contributed by atoms with van der Waals surface area (Å²) in [6.45, 7) is 5.38. The number of sulfonamides is 1. The third-order valence-corrected chi connectivity index (χ3v) is 6.53. The first-order chi connectivity index (χ1) is 11.8. The highest BCUT2D eigenvalue weighted by molar-refractivity contribution is 7.89. The van der Waals surface area contributed by atoms with Gasteiger partial charge in [0.1, 0.15) is 4.90 Å². The molecule has 0 amide bonds. The number of nitrogens with one attached hydrogen (secondary N) is 1. The molecule has 25 heavy (non-hydrogen) atoms. The number of rotatable bonds is 4. The molecule has 0 spiro atoms. The summed E-state index contributed by atoms with van der Waals surface area (Å²) in [5.41, 5.74) is 2.04. The van der Waals surface area contributed by atoms with Crippen LogP contribution in [0.1, 0.15) is 11.4 Å². The summed E-state index contributed by atoms with van der Waals surface area (Å²) in [6, 6.07) is 1.96. The molecule has 10 heteroatoms. The van der Waals surface area contributed by atoms with Gasteiger partial charge in [-0.1, -0.05) is 0 Å². The Bertz CT molecular complexity index is 835. The van der Waals surface area contributed by atoms with Gasteiger partial charge >= 0.3 is 0 Å². The molecule has 0 bridgehead atoms. The number of hydrogen-bond acceptors (Lipinski definition) is 7. The number of hydrogen-bond donors (Lipinski definition) is 1. The van der Waals surface area contributed by atoms with Crippen molar-refractivity contribution in [1.82, 2.24) is 24.7 Å². The SMILES string of the molecule is Cc1n[nH]c(C)c1S(=O)(=O)N1CCN(c2cc(N(C)C)cnn2)CC1. The molecule has 1 aliphatic heterocycles. The minimum atomic E-state index is -3.54. The van der Waals surface area contributed by atoms with E-state index in [-0.39, 0.29) is 4.90 Å². The summed E-state index contributed by atoms with van der Waals surface area (Å²) in [5.74, 6) is 0.763. The Morgan fingerprint density at radius 1 is 1.16 bits per heavy atom. The number of aromatic nitrogens is 4. The van der Waals surface area contributed by atoms with E-state index in [1.54, 1.807) is 20.0 Å². The fourth-order valence-corrected chi connectivity index (χ4v) is 4.71. The van der Waals surface area contributed by atoms with Crippen LogP contribution in [0.15, 0.2) is 17.2 Å². The van der Waals surface area contributed by atoms with Gasteiger partial charge < -0.3 is 9.80 Å². The van der Waals surface area contributed by atoms with Crippen LogP contribution in [0.3, 0.4) is 0 Å². The van der Waals surface area contributed by atoms with Crippen molar-refractivity contribution in [1.29, 1.82) is 0 Å². The van der Waals surface area contributed by atoms with Crippen LogP contribution in [0.2, 0.25) is 0 Å². The molecular weight excluding hydrogens is 342 g/mol. The first-order valence-corrected chi connectivity index (χ1v) is 9.51. The molecule has 9 nitrogen and oxygen atoms in total. The third-order valence-electron chi connectivity index (χ3n) is 4.36. The Kier molecular flexibility index (Phi) is 4.65. The number of anilines is 2. The van der Waals surface area contributed by atoms with E-state index < -0.39 is 10.0 Å². The van der Waals surface area contributed by atoms with Crippen molar-refractivity contribution in [3.8, 4) is 0 Å². The van der Waals surface area contributed by atoms with Crippen LogP contribution in [-0.2, 0) is 10.0 Å². The predicted molar refractivity (Wildman–Crippen MR) is 95.4 cm³/mol. The normalized spacial score (nSPS) is 16.2. The van der Waals surface area contributed by atoms with E-state index in [9.17, 15) is 8.42 Å². The minimum absolute atomic E-state index is 0.287. The van der Waals surface area contributed by atoms with Gasteiger partial charge in [0.25, 0.3) is 0 Å². The number of H-pyrrole nitrogens is 1. The molecule has 2 aromatic rings. The maximum atomic E-state index is 12.9. The van der Waals surface area contributed by atoms with E-state index in [4.69, 9.17) is 0 Å². The Morgan fingerprint density at radius 3 is 2.40 bits per heavy atom. The fraction of sp³-hybridized carbons (Fsp3) is 0.533. The number of nitrogens with zero attached hydrogens (tertiary/aromatic N) is 6. The van der Waals surface area contributed by atoms with Gasteiger partial charge in [0, 0.05) is 46.3 Å². The van der Waals surface area contributed by atoms with Crippen LogP contribution in [0.25, 0.3) is 0 Å². The number of piperazine rings is 1. The van der Waals surface area contributed by atoms with Crippen molar-refractivity contribution >= 4 is 21.5 Å². The van der Waals surface area contributed by atoms with Gasteiger partial charge in [0.2, 0.25) is 10.0 Å². The smallest absolute Gasteiger partial charge is 0.246 e. The molecule has 0 radical (unpaired) electrons. The molecule has 1 fully saturated rings. The molecule has 0 atom stereocenters. The predicted octanol–water partition coefficient (Wildman–Crippen LogP) is 0.393. The van der Waals surface area contributed by atoms with Crippen molar-refractivity contribution in [3.63, 3.8) is 0 Å². The van der Waals surface area contributed by atoms with Gasteiger partial charge in [0.05, 0.1) is 23.3 Å². The zero-order chi connectivity index (χ0) is 18.2. The van der Waals surface area contributed by atoms with Crippen molar-refractivity contribution in [3.05, 3.63) is 23.7 Å². The molecule has 136 valence electrons. The van der Waals surface area contributed by atoms with Crippen molar-refractivity contribution in [2.24, 2.45) is 0 Å². The van der Waals surface area contributed by atoms with E-state index in [1.165, 1.54) is 4.31 Å². The van der Waals surface area contributed by atoms with Gasteiger partial charge in [-0.2, -0.15) is 14.5 Å².